The molecule has 0 aromatic heterocycles. The van der Waals surface area contributed by atoms with Gasteiger partial charge in [0.2, 0.25) is 0 Å². The molecule has 0 bridgehead atoms. The molecule has 0 saturated carbocycles. The van der Waals surface area contributed by atoms with Crippen molar-refractivity contribution in [3.05, 3.63) is 35.1 Å². The van der Waals surface area contributed by atoms with Crippen LogP contribution in [0, 0.1) is 17.1 Å². The second kappa shape index (κ2) is 8.32. The third kappa shape index (κ3) is 4.52. The minimum absolute atomic E-state index is 0. The highest BCUT2D eigenvalue weighted by atomic mass is 127. The van der Waals surface area contributed by atoms with Gasteiger partial charge in [0.05, 0.1) is 18.2 Å². The highest BCUT2D eigenvalue weighted by molar-refractivity contribution is 14.0. The molecule has 1 aromatic carbocycles. The summed E-state index contributed by atoms with van der Waals surface area (Å²) in [6, 6.07) is 6.24. The van der Waals surface area contributed by atoms with E-state index in [2.05, 4.69) is 4.99 Å². The maximum atomic E-state index is 13.6. The van der Waals surface area contributed by atoms with Crippen molar-refractivity contribution in [1.29, 1.82) is 5.26 Å². The average molecular weight is 406 g/mol. The summed E-state index contributed by atoms with van der Waals surface area (Å²) in [5, 5.41) is 8.79. The van der Waals surface area contributed by atoms with Crippen molar-refractivity contribution in [2.75, 3.05) is 24.6 Å². The molecule has 0 aliphatic carbocycles. The SMILES string of the molecule is I.N#Cc1ccc(F)c(CN=C(N)N2CCSCC2)c1. The van der Waals surface area contributed by atoms with Crippen LogP contribution in [0.1, 0.15) is 11.1 Å². The van der Waals surface area contributed by atoms with Gasteiger partial charge in [0.15, 0.2) is 5.96 Å². The number of nitrogens with zero attached hydrogens (tertiary/aromatic N) is 3. The van der Waals surface area contributed by atoms with Crippen molar-refractivity contribution in [1.82, 2.24) is 4.90 Å². The first-order valence-corrected chi connectivity index (χ1v) is 7.17. The van der Waals surface area contributed by atoms with Gasteiger partial charge in [0.25, 0.3) is 0 Å². The lowest BCUT2D eigenvalue weighted by Gasteiger charge is -2.27. The van der Waals surface area contributed by atoms with Crippen LogP contribution >= 0.6 is 35.7 Å². The summed E-state index contributed by atoms with van der Waals surface area (Å²) in [6.07, 6.45) is 0. The van der Waals surface area contributed by atoms with E-state index in [0.29, 0.717) is 17.1 Å². The van der Waals surface area contributed by atoms with Gasteiger partial charge in [-0.15, -0.1) is 24.0 Å². The van der Waals surface area contributed by atoms with Gasteiger partial charge in [0, 0.05) is 30.2 Å². The van der Waals surface area contributed by atoms with Gasteiger partial charge in [-0.25, -0.2) is 9.38 Å². The molecule has 0 spiro atoms. The molecule has 2 N–H and O–H groups in total. The summed E-state index contributed by atoms with van der Waals surface area (Å²) in [5.74, 6) is 2.16. The Morgan fingerprint density at radius 3 is 2.80 bits per heavy atom. The number of hydrogen-bond donors (Lipinski definition) is 1. The van der Waals surface area contributed by atoms with Gasteiger partial charge in [-0.2, -0.15) is 17.0 Å². The fourth-order valence-electron chi connectivity index (χ4n) is 1.82. The highest BCUT2D eigenvalue weighted by Gasteiger charge is 2.12. The summed E-state index contributed by atoms with van der Waals surface area (Å²) < 4.78 is 13.6. The zero-order valence-corrected chi connectivity index (χ0v) is 14.0. The molecule has 1 saturated heterocycles. The molecule has 0 atom stereocenters. The van der Waals surface area contributed by atoms with Gasteiger partial charge in [-0.05, 0) is 18.2 Å². The lowest BCUT2D eigenvalue weighted by molar-refractivity contribution is 0.455. The molecule has 108 valence electrons. The van der Waals surface area contributed by atoms with E-state index in [1.54, 1.807) is 0 Å². The second-order valence-electron chi connectivity index (χ2n) is 4.19. The maximum Gasteiger partial charge on any atom is 0.191 e. The normalized spacial score (nSPS) is 15.4. The number of nitriles is 1. The topological polar surface area (TPSA) is 65.4 Å². The van der Waals surface area contributed by atoms with E-state index in [0.717, 1.165) is 24.6 Å². The van der Waals surface area contributed by atoms with Crippen LogP contribution in [0.15, 0.2) is 23.2 Å². The van der Waals surface area contributed by atoms with E-state index in [-0.39, 0.29) is 36.3 Å². The molecule has 0 radical (unpaired) electrons. The molecule has 1 aliphatic heterocycles. The molecular weight excluding hydrogens is 390 g/mol. The quantitative estimate of drug-likeness (QED) is 0.465. The number of rotatable bonds is 2. The second-order valence-corrected chi connectivity index (χ2v) is 5.42. The van der Waals surface area contributed by atoms with Gasteiger partial charge in [0.1, 0.15) is 5.82 Å². The summed E-state index contributed by atoms with van der Waals surface area (Å²) in [5.41, 5.74) is 6.72. The van der Waals surface area contributed by atoms with E-state index in [1.807, 2.05) is 22.7 Å². The van der Waals surface area contributed by atoms with E-state index < -0.39 is 0 Å². The van der Waals surface area contributed by atoms with Crippen LogP contribution in [-0.2, 0) is 6.54 Å². The molecule has 1 heterocycles. The fourth-order valence-corrected chi connectivity index (χ4v) is 2.73. The third-order valence-corrected chi connectivity index (χ3v) is 3.86. The van der Waals surface area contributed by atoms with E-state index >= 15 is 0 Å². The molecule has 2 rings (SSSR count). The van der Waals surface area contributed by atoms with Gasteiger partial charge >= 0.3 is 0 Å². The van der Waals surface area contributed by atoms with Crippen LogP contribution in [-0.4, -0.2) is 35.5 Å². The zero-order valence-electron chi connectivity index (χ0n) is 10.9. The maximum absolute atomic E-state index is 13.6. The number of aliphatic imine (C=N–C) groups is 1. The Morgan fingerprint density at radius 2 is 2.15 bits per heavy atom. The van der Waals surface area contributed by atoms with Crippen molar-refractivity contribution in [3.63, 3.8) is 0 Å². The molecule has 1 aromatic rings. The van der Waals surface area contributed by atoms with Gasteiger partial charge in [-0.3, -0.25) is 0 Å². The van der Waals surface area contributed by atoms with Crippen LogP contribution in [0.5, 0.6) is 0 Å². The van der Waals surface area contributed by atoms with Crippen molar-refractivity contribution >= 4 is 41.7 Å². The molecule has 4 nitrogen and oxygen atoms in total. The molecule has 1 aliphatic rings. The van der Waals surface area contributed by atoms with Crippen LogP contribution in [0.3, 0.4) is 0 Å². The summed E-state index contributed by atoms with van der Waals surface area (Å²) in [4.78, 5) is 6.22. The standard InChI is InChI=1S/C13H15FN4S.HI/c14-12-2-1-10(8-15)7-11(12)9-17-13(16)18-3-5-19-6-4-18;/h1-2,7H,3-6,9H2,(H2,16,17);1H. The van der Waals surface area contributed by atoms with Crippen LogP contribution in [0.2, 0.25) is 0 Å². The van der Waals surface area contributed by atoms with Crippen LogP contribution in [0.4, 0.5) is 4.39 Å². The fraction of sp³-hybridized carbons (Fsp3) is 0.385. The van der Waals surface area contributed by atoms with Crippen LogP contribution < -0.4 is 5.73 Å². The Labute approximate surface area is 139 Å². The predicted octanol–water partition coefficient (Wildman–Crippen LogP) is 2.18. The molecule has 20 heavy (non-hydrogen) atoms. The van der Waals surface area contributed by atoms with Crippen molar-refractivity contribution < 1.29 is 4.39 Å². The molecule has 0 amide bonds. The summed E-state index contributed by atoms with van der Waals surface area (Å²) in [6.45, 7) is 1.91. The number of guanidine groups is 1. The largest absolute Gasteiger partial charge is 0.370 e. The Balaban J connectivity index is 0.00000200. The molecule has 7 heteroatoms. The predicted molar refractivity (Wildman–Crippen MR) is 90.8 cm³/mol. The van der Waals surface area contributed by atoms with Crippen molar-refractivity contribution in [2.45, 2.75) is 6.54 Å². The summed E-state index contributed by atoms with van der Waals surface area (Å²) >= 11 is 1.89. The smallest absolute Gasteiger partial charge is 0.191 e. The monoisotopic (exact) mass is 406 g/mol. The molecule has 1 fully saturated rings. The number of halogens is 2. The van der Waals surface area contributed by atoms with E-state index in [1.165, 1.54) is 18.2 Å². The first-order chi connectivity index (χ1) is 9.20. The van der Waals surface area contributed by atoms with E-state index in [4.69, 9.17) is 11.0 Å². The summed E-state index contributed by atoms with van der Waals surface area (Å²) in [7, 11) is 0. The number of thioether (sulfide) groups is 1. The Morgan fingerprint density at radius 1 is 1.45 bits per heavy atom. The third-order valence-electron chi connectivity index (χ3n) is 2.92. The Kier molecular flexibility index (Phi) is 7.09. The minimum atomic E-state index is -0.357. The zero-order chi connectivity index (χ0) is 13.7. The highest BCUT2D eigenvalue weighted by Crippen LogP contribution is 2.12. The lowest BCUT2D eigenvalue weighted by atomic mass is 10.1. The molecule has 0 unspecified atom stereocenters. The lowest BCUT2D eigenvalue weighted by Crippen LogP contribution is -2.42. The Bertz CT molecular complexity index is 524. The first kappa shape index (κ1) is 17.0. The van der Waals surface area contributed by atoms with Gasteiger partial charge < -0.3 is 10.6 Å². The number of hydrogen-bond acceptors (Lipinski definition) is 3. The average Bonchev–Trinajstić information content (AvgIpc) is 2.47. The van der Waals surface area contributed by atoms with Crippen molar-refractivity contribution in [2.24, 2.45) is 10.7 Å². The van der Waals surface area contributed by atoms with Gasteiger partial charge in [-0.1, -0.05) is 0 Å². The van der Waals surface area contributed by atoms with Crippen molar-refractivity contribution in [3.8, 4) is 6.07 Å². The Hall–Kier alpha value is -1.01. The first-order valence-electron chi connectivity index (χ1n) is 6.02. The van der Waals surface area contributed by atoms with E-state index in [9.17, 15) is 4.39 Å². The molecular formula is C13H16FIN4S. The minimum Gasteiger partial charge on any atom is -0.370 e. The number of nitrogens with two attached hydrogens (primary N) is 1. The van der Waals surface area contributed by atoms with Crippen LogP contribution in [0.25, 0.3) is 0 Å². The number of benzene rings is 1.